The molecule has 1 amide bonds. The molecule has 0 atom stereocenters. The third-order valence-corrected chi connectivity index (χ3v) is 6.38. The Hall–Kier alpha value is -4.77. The third kappa shape index (κ3) is 5.47. The molecule has 3 aromatic heterocycles. The Balaban J connectivity index is 1.32. The number of methoxy groups -OCH3 is 1. The number of thiazole rings is 1. The molecule has 192 valence electrons. The topological polar surface area (TPSA) is 117 Å². The molecule has 10 nitrogen and oxygen atoms in total. The molecule has 0 aliphatic carbocycles. The molecule has 0 spiro atoms. The molecule has 0 bridgehead atoms. The Labute approximate surface area is 221 Å². The molecule has 0 saturated carbocycles. The van der Waals surface area contributed by atoms with Gasteiger partial charge in [-0.3, -0.25) is 14.6 Å². The Kier molecular flexibility index (Phi) is 7.27. The minimum absolute atomic E-state index is 0.201. The molecule has 0 aliphatic heterocycles. The van der Waals surface area contributed by atoms with Gasteiger partial charge >= 0.3 is 0 Å². The Morgan fingerprint density at radius 1 is 1.05 bits per heavy atom. The van der Waals surface area contributed by atoms with Gasteiger partial charge in [-0.05, 0) is 67.1 Å². The first-order valence-electron chi connectivity index (χ1n) is 11.7. The van der Waals surface area contributed by atoms with Crippen LogP contribution in [0.2, 0.25) is 0 Å². The van der Waals surface area contributed by atoms with Gasteiger partial charge in [0.05, 0.1) is 18.2 Å². The van der Waals surface area contributed by atoms with Crippen LogP contribution in [0.3, 0.4) is 0 Å². The number of hydrogen-bond donors (Lipinski definition) is 1. The van der Waals surface area contributed by atoms with Crippen LogP contribution >= 0.6 is 11.3 Å². The van der Waals surface area contributed by atoms with Crippen molar-refractivity contribution in [2.45, 2.75) is 6.92 Å². The average molecular weight is 530 g/mol. The lowest BCUT2D eigenvalue weighted by atomic mass is 10.2. The van der Waals surface area contributed by atoms with Crippen molar-refractivity contribution in [2.75, 3.05) is 25.6 Å². The number of hydrogen-bond acceptors (Lipinski definition) is 9. The first-order valence-corrected chi connectivity index (χ1v) is 12.5. The van der Waals surface area contributed by atoms with Crippen molar-refractivity contribution in [3.63, 3.8) is 0 Å². The van der Waals surface area contributed by atoms with E-state index in [0.29, 0.717) is 44.9 Å². The number of fused-ring (bicyclic) bond motifs is 1. The van der Waals surface area contributed by atoms with E-state index in [9.17, 15) is 9.59 Å². The molecule has 0 aliphatic rings. The second-order valence-corrected chi connectivity index (χ2v) is 9.00. The van der Waals surface area contributed by atoms with Gasteiger partial charge in [0.25, 0.3) is 11.5 Å². The maximum Gasteiger partial charge on any atom is 0.291 e. The van der Waals surface area contributed by atoms with Gasteiger partial charge in [-0.25, -0.2) is 0 Å². The van der Waals surface area contributed by atoms with Crippen LogP contribution in [0, 0.1) is 0 Å². The largest absolute Gasteiger partial charge is 0.497 e. The number of carbonyl (C=O) groups excluding carboxylic acids is 1. The first-order chi connectivity index (χ1) is 18.5. The molecule has 38 heavy (non-hydrogen) atoms. The summed E-state index contributed by atoms with van der Waals surface area (Å²) in [5.41, 5.74) is 1.90. The van der Waals surface area contributed by atoms with Crippen LogP contribution in [0.1, 0.15) is 12.5 Å². The van der Waals surface area contributed by atoms with Crippen molar-refractivity contribution >= 4 is 34.0 Å². The normalized spacial score (nSPS) is 11.5. The molecule has 3 heterocycles. The quantitative estimate of drug-likeness (QED) is 0.310. The standard InChI is InChI=1S/C27H23N5O5S/c1-3-36-22-14-17(4-9-21(22)37-16-24(33)29-19-5-7-20(35-2)8-6-19)15-23-26(34)32-27(38-23)30-25(31-32)18-10-12-28-13-11-18/h4-15H,3,16H2,1-2H3,(H,29,33)/b23-15-. The number of anilines is 1. The number of aromatic nitrogens is 4. The highest BCUT2D eigenvalue weighted by molar-refractivity contribution is 7.15. The van der Waals surface area contributed by atoms with Gasteiger partial charge in [-0.15, -0.1) is 5.10 Å². The van der Waals surface area contributed by atoms with Crippen LogP contribution < -0.4 is 29.6 Å². The zero-order valence-corrected chi connectivity index (χ0v) is 21.4. The molecule has 5 aromatic rings. The summed E-state index contributed by atoms with van der Waals surface area (Å²) in [7, 11) is 1.58. The summed E-state index contributed by atoms with van der Waals surface area (Å²) in [6.45, 7) is 2.05. The molecule has 0 radical (unpaired) electrons. The SMILES string of the molecule is CCOc1cc(/C=c2\sc3nc(-c4ccncc4)nn3c2=O)ccc1OCC(=O)Nc1ccc(OC)cc1. The number of nitrogens with zero attached hydrogens (tertiary/aromatic N) is 4. The predicted molar refractivity (Wildman–Crippen MR) is 144 cm³/mol. The molecule has 1 N–H and O–H groups in total. The second-order valence-electron chi connectivity index (χ2n) is 7.99. The zero-order valence-electron chi connectivity index (χ0n) is 20.6. The van der Waals surface area contributed by atoms with E-state index in [2.05, 4.69) is 20.4 Å². The minimum Gasteiger partial charge on any atom is -0.497 e. The monoisotopic (exact) mass is 529 g/mol. The fourth-order valence-electron chi connectivity index (χ4n) is 3.63. The number of pyridine rings is 1. The molecule has 2 aromatic carbocycles. The average Bonchev–Trinajstić information content (AvgIpc) is 3.48. The number of benzene rings is 2. The van der Waals surface area contributed by atoms with Crippen molar-refractivity contribution in [3.8, 4) is 28.6 Å². The van der Waals surface area contributed by atoms with Crippen LogP contribution in [0.4, 0.5) is 5.69 Å². The minimum atomic E-state index is -0.315. The van der Waals surface area contributed by atoms with Gasteiger partial charge in [-0.1, -0.05) is 17.4 Å². The van der Waals surface area contributed by atoms with Gasteiger partial charge in [0, 0.05) is 23.6 Å². The van der Waals surface area contributed by atoms with Crippen molar-refractivity contribution in [2.24, 2.45) is 0 Å². The van der Waals surface area contributed by atoms with Crippen LogP contribution in [0.15, 0.2) is 71.8 Å². The molecule has 0 unspecified atom stereocenters. The zero-order chi connectivity index (χ0) is 26.5. The molecule has 11 heteroatoms. The Morgan fingerprint density at radius 2 is 1.84 bits per heavy atom. The molecular weight excluding hydrogens is 506 g/mol. The number of nitrogens with one attached hydrogen (secondary N) is 1. The predicted octanol–water partition coefficient (Wildman–Crippen LogP) is 3.19. The summed E-state index contributed by atoms with van der Waals surface area (Å²) in [6.07, 6.45) is 5.05. The van der Waals surface area contributed by atoms with E-state index in [-0.39, 0.29) is 18.1 Å². The number of ether oxygens (including phenoxy) is 3. The van der Waals surface area contributed by atoms with E-state index in [1.165, 1.54) is 15.9 Å². The van der Waals surface area contributed by atoms with Gasteiger partial charge in [0.15, 0.2) is 23.9 Å². The van der Waals surface area contributed by atoms with Gasteiger partial charge in [0.2, 0.25) is 4.96 Å². The van der Waals surface area contributed by atoms with Crippen molar-refractivity contribution in [1.29, 1.82) is 0 Å². The number of amides is 1. The van der Waals surface area contributed by atoms with E-state index in [1.54, 1.807) is 80.2 Å². The van der Waals surface area contributed by atoms with Gasteiger partial charge in [0.1, 0.15) is 5.75 Å². The lowest BCUT2D eigenvalue weighted by Gasteiger charge is -2.13. The van der Waals surface area contributed by atoms with Crippen LogP contribution in [0.25, 0.3) is 22.4 Å². The number of carbonyl (C=O) groups is 1. The van der Waals surface area contributed by atoms with Crippen molar-refractivity contribution in [3.05, 3.63) is 87.4 Å². The van der Waals surface area contributed by atoms with E-state index in [0.717, 1.165) is 11.1 Å². The van der Waals surface area contributed by atoms with E-state index in [1.807, 2.05) is 6.92 Å². The maximum absolute atomic E-state index is 12.9. The van der Waals surface area contributed by atoms with Crippen molar-refractivity contribution in [1.82, 2.24) is 19.6 Å². The van der Waals surface area contributed by atoms with Crippen LogP contribution in [0.5, 0.6) is 17.2 Å². The highest BCUT2D eigenvalue weighted by Crippen LogP contribution is 2.29. The summed E-state index contributed by atoms with van der Waals surface area (Å²) >= 11 is 1.25. The third-order valence-electron chi connectivity index (χ3n) is 5.42. The highest BCUT2D eigenvalue weighted by atomic mass is 32.1. The molecular formula is C27H23N5O5S. The highest BCUT2D eigenvalue weighted by Gasteiger charge is 2.13. The van der Waals surface area contributed by atoms with E-state index in [4.69, 9.17) is 14.2 Å². The lowest BCUT2D eigenvalue weighted by molar-refractivity contribution is -0.118. The first kappa shape index (κ1) is 24.9. The van der Waals surface area contributed by atoms with Gasteiger partial charge in [-0.2, -0.15) is 9.50 Å². The van der Waals surface area contributed by atoms with Crippen LogP contribution in [-0.4, -0.2) is 45.8 Å². The van der Waals surface area contributed by atoms with Crippen LogP contribution in [-0.2, 0) is 4.79 Å². The smallest absolute Gasteiger partial charge is 0.291 e. The van der Waals surface area contributed by atoms with Gasteiger partial charge < -0.3 is 19.5 Å². The fourth-order valence-corrected chi connectivity index (χ4v) is 4.53. The summed E-state index contributed by atoms with van der Waals surface area (Å²) in [5, 5.41) is 7.12. The summed E-state index contributed by atoms with van der Waals surface area (Å²) in [6, 6.07) is 15.8. The number of rotatable bonds is 9. The summed E-state index contributed by atoms with van der Waals surface area (Å²) < 4.78 is 18.4. The summed E-state index contributed by atoms with van der Waals surface area (Å²) in [5.74, 6) is 1.73. The Morgan fingerprint density at radius 3 is 2.55 bits per heavy atom. The van der Waals surface area contributed by atoms with Crippen molar-refractivity contribution < 1.29 is 19.0 Å². The molecule has 5 rings (SSSR count). The lowest BCUT2D eigenvalue weighted by Crippen LogP contribution is -2.23. The maximum atomic E-state index is 12.9. The summed E-state index contributed by atoms with van der Waals surface area (Å²) in [4.78, 5) is 34.3. The van der Waals surface area contributed by atoms with E-state index < -0.39 is 0 Å². The fraction of sp³-hybridized carbons (Fsp3) is 0.148. The second kappa shape index (κ2) is 11.1. The Bertz CT molecular complexity index is 1680. The molecule has 0 saturated heterocycles. The van der Waals surface area contributed by atoms with E-state index >= 15 is 0 Å². The molecule has 0 fully saturated rings.